The van der Waals surface area contributed by atoms with Crippen LogP contribution in [0.2, 0.25) is 0 Å². The van der Waals surface area contributed by atoms with E-state index in [9.17, 15) is 61.3 Å². The molecule has 4 saturated carbocycles. The van der Waals surface area contributed by atoms with Gasteiger partial charge in [-0.2, -0.15) is 0 Å². The van der Waals surface area contributed by atoms with Crippen molar-refractivity contribution >= 4 is 5.97 Å². The topological polar surface area (TPSA) is 315 Å². The van der Waals surface area contributed by atoms with Gasteiger partial charge in [-0.1, -0.05) is 53.2 Å². The molecule has 0 aromatic heterocycles. The summed E-state index contributed by atoms with van der Waals surface area (Å²) >= 11 is 0. The van der Waals surface area contributed by atoms with Crippen molar-refractivity contribution in [3.8, 4) is 0 Å². The molecule has 3 heterocycles. The molecule has 0 spiro atoms. The maximum atomic E-state index is 15.0. The first kappa shape index (κ1) is 51.9. The molecule has 19 heteroatoms. The number of hydrogen-bond donors (Lipinski definition) is 12. The lowest BCUT2D eigenvalue weighted by Gasteiger charge is -2.71. The first-order chi connectivity index (χ1) is 31.4. The second-order valence-corrected chi connectivity index (χ2v) is 22.9. The van der Waals surface area contributed by atoms with Gasteiger partial charge in [-0.15, -0.1) is 0 Å². The molecule has 3 saturated heterocycles. The van der Waals surface area contributed by atoms with Crippen molar-refractivity contribution in [1.82, 2.24) is 0 Å². The Kier molecular flexibility index (Phi) is 14.4. The van der Waals surface area contributed by atoms with Crippen LogP contribution < -0.4 is 0 Å². The molecule has 3 aliphatic heterocycles. The highest BCUT2D eigenvalue weighted by Crippen LogP contribution is 2.76. The molecule has 384 valence electrons. The van der Waals surface area contributed by atoms with Crippen LogP contribution >= 0.6 is 0 Å². The Morgan fingerprint density at radius 1 is 0.701 bits per heavy atom. The van der Waals surface area contributed by atoms with Crippen LogP contribution in [0, 0.1) is 56.7 Å². The molecule has 0 aromatic rings. The molecule has 27 atom stereocenters. The van der Waals surface area contributed by atoms with E-state index in [1.165, 1.54) is 12.5 Å². The average molecular weight is 959 g/mol. The Hall–Kier alpha value is -1.47. The van der Waals surface area contributed by atoms with Gasteiger partial charge in [0.15, 0.2) is 12.6 Å². The number of rotatable bonds is 9. The van der Waals surface area contributed by atoms with Crippen LogP contribution in [0.5, 0.6) is 0 Å². The standard InChI is InChI=1S/C48H78O19/c1-20-10-13-48(15-14-46(6)23(29(48)21(20)2)8-9-28-44(4)16-24(51)39(60)45(5,19-50)27(44)11-12-47(28,46)7)43(61)67-42-36(58)33(55)31(53)26(65-42)18-62-40-37(59)34(56)38(25(17-49)64-40)66-41-35(57)32(54)30(52)22(3)63-41/h8,20-22,24-42,49-60H,9-19H2,1-7H3/t20-,21+,22-,24-,25-,26-,27?,28-,29?,30+,31-,32-,33+,34-,35+,36-,37-,38-,39+,40-,41?,42+,44+,45+,46-,47-,48+/m1/s1. The molecule has 67 heavy (non-hydrogen) atoms. The van der Waals surface area contributed by atoms with E-state index in [4.69, 9.17) is 28.4 Å². The number of carbonyl (C=O) groups is 1. The zero-order chi connectivity index (χ0) is 49.1. The predicted octanol–water partition coefficient (Wildman–Crippen LogP) is -1.03. The van der Waals surface area contributed by atoms with Crippen molar-refractivity contribution in [2.75, 3.05) is 19.8 Å². The van der Waals surface area contributed by atoms with E-state index < -0.39 is 134 Å². The molecule has 7 fully saturated rings. The summed E-state index contributed by atoms with van der Waals surface area (Å²) in [7, 11) is 0. The number of allylic oxidation sites excluding steroid dienone is 2. The Bertz CT molecular complexity index is 1820. The lowest BCUT2D eigenvalue weighted by atomic mass is 9.33. The number of aliphatic hydroxyl groups is 12. The Balaban J connectivity index is 0.985. The van der Waals surface area contributed by atoms with Crippen LogP contribution in [-0.4, -0.2) is 191 Å². The van der Waals surface area contributed by atoms with Crippen molar-refractivity contribution < 1.29 is 94.5 Å². The average Bonchev–Trinajstić information content (AvgIpc) is 3.29. The van der Waals surface area contributed by atoms with Crippen LogP contribution in [-0.2, 0) is 33.2 Å². The molecule has 8 rings (SSSR count). The van der Waals surface area contributed by atoms with Crippen molar-refractivity contribution in [1.29, 1.82) is 0 Å². The lowest BCUT2D eigenvalue weighted by Crippen LogP contribution is -2.68. The minimum atomic E-state index is -1.86. The Labute approximate surface area is 392 Å². The number of ether oxygens (including phenoxy) is 6. The number of aliphatic hydroxyl groups excluding tert-OH is 12. The van der Waals surface area contributed by atoms with Crippen molar-refractivity contribution in [3.05, 3.63) is 11.6 Å². The van der Waals surface area contributed by atoms with Crippen LogP contribution in [0.4, 0.5) is 0 Å². The van der Waals surface area contributed by atoms with Gasteiger partial charge in [-0.3, -0.25) is 4.79 Å². The van der Waals surface area contributed by atoms with Crippen LogP contribution in [0.25, 0.3) is 0 Å². The first-order valence-electron chi connectivity index (χ1n) is 24.5. The van der Waals surface area contributed by atoms with E-state index in [0.29, 0.717) is 32.1 Å². The fourth-order valence-electron chi connectivity index (χ4n) is 15.2. The van der Waals surface area contributed by atoms with Gasteiger partial charge in [0.1, 0.15) is 67.1 Å². The molecule has 0 bridgehead atoms. The fourth-order valence-corrected chi connectivity index (χ4v) is 15.2. The zero-order valence-corrected chi connectivity index (χ0v) is 39.8. The van der Waals surface area contributed by atoms with Gasteiger partial charge in [-0.25, -0.2) is 0 Å². The maximum absolute atomic E-state index is 15.0. The molecule has 12 N–H and O–H groups in total. The third-order valence-electron chi connectivity index (χ3n) is 19.7. The van der Waals surface area contributed by atoms with Gasteiger partial charge in [0.05, 0.1) is 43.5 Å². The molecular weight excluding hydrogens is 881 g/mol. The number of hydrogen-bond acceptors (Lipinski definition) is 19. The van der Waals surface area contributed by atoms with Crippen LogP contribution in [0.15, 0.2) is 11.6 Å². The summed E-state index contributed by atoms with van der Waals surface area (Å²) in [6.07, 6.45) is -18.9. The number of carbonyl (C=O) groups excluding carboxylic acids is 1. The third-order valence-corrected chi connectivity index (χ3v) is 19.7. The number of esters is 1. The SMILES string of the molecule is C[C@@H]1CC[C@]2(C(=O)O[C@@H]3O[C@H](CO[C@@H]4O[C@H](CO)[C@@H](OC5O[C@H](C)[C@H](O)[C@@H](O)[C@@H]5O)[C@H](O)[C@H]4O)[C@@H](O)[C@H](O)[C@H]3O)CC[C@]3(C)C(=CC[C@@H]4[C@@]5(C)C[C@@H](O)[C@H](O)[C@@](C)(CO)C5CC[C@]43C)C2[C@H]1C. The van der Waals surface area contributed by atoms with E-state index in [1.807, 2.05) is 6.92 Å². The smallest absolute Gasteiger partial charge is 0.315 e. The summed E-state index contributed by atoms with van der Waals surface area (Å²) in [4.78, 5) is 15.0. The van der Waals surface area contributed by atoms with Gasteiger partial charge < -0.3 is 89.7 Å². The second-order valence-electron chi connectivity index (χ2n) is 22.9. The van der Waals surface area contributed by atoms with Gasteiger partial charge >= 0.3 is 5.97 Å². The quantitative estimate of drug-likeness (QED) is 0.0971. The monoisotopic (exact) mass is 959 g/mol. The van der Waals surface area contributed by atoms with E-state index in [0.717, 1.165) is 19.3 Å². The molecule has 3 unspecified atom stereocenters. The lowest BCUT2D eigenvalue weighted by molar-refractivity contribution is -0.361. The van der Waals surface area contributed by atoms with E-state index in [1.54, 1.807) is 0 Å². The summed E-state index contributed by atoms with van der Waals surface area (Å²) < 4.78 is 34.7. The molecule has 19 nitrogen and oxygen atoms in total. The molecular formula is C48H78O19. The van der Waals surface area contributed by atoms with Gasteiger partial charge in [-0.05, 0) is 104 Å². The highest BCUT2D eigenvalue weighted by molar-refractivity contribution is 5.79. The molecule has 0 aromatic carbocycles. The molecule has 8 aliphatic rings. The van der Waals surface area contributed by atoms with Crippen molar-refractivity contribution in [3.63, 3.8) is 0 Å². The summed E-state index contributed by atoms with van der Waals surface area (Å²) in [5.74, 6) is -0.386. The Morgan fingerprint density at radius 2 is 1.34 bits per heavy atom. The first-order valence-corrected chi connectivity index (χ1v) is 24.5. The zero-order valence-electron chi connectivity index (χ0n) is 39.8. The molecule has 0 radical (unpaired) electrons. The Morgan fingerprint density at radius 3 is 2.01 bits per heavy atom. The highest BCUT2D eigenvalue weighted by atomic mass is 16.8. The normalized spacial score (nSPS) is 56.7. The van der Waals surface area contributed by atoms with Gasteiger partial charge in [0.25, 0.3) is 0 Å². The van der Waals surface area contributed by atoms with Crippen LogP contribution in [0.3, 0.4) is 0 Å². The van der Waals surface area contributed by atoms with E-state index in [2.05, 4.69) is 40.7 Å². The van der Waals surface area contributed by atoms with Crippen molar-refractivity contribution in [2.45, 2.75) is 204 Å². The molecule has 5 aliphatic carbocycles. The van der Waals surface area contributed by atoms with Crippen molar-refractivity contribution in [2.24, 2.45) is 56.7 Å². The highest BCUT2D eigenvalue weighted by Gasteiger charge is 2.71. The second kappa shape index (κ2) is 18.5. The molecule has 0 amide bonds. The minimum Gasteiger partial charge on any atom is -0.432 e. The maximum Gasteiger partial charge on any atom is 0.315 e. The van der Waals surface area contributed by atoms with Crippen LogP contribution in [0.1, 0.15) is 99.8 Å². The third kappa shape index (κ3) is 7.92. The largest absolute Gasteiger partial charge is 0.432 e. The summed E-state index contributed by atoms with van der Waals surface area (Å²) in [6, 6.07) is 0. The summed E-state index contributed by atoms with van der Waals surface area (Å²) in [5, 5.41) is 130. The summed E-state index contributed by atoms with van der Waals surface area (Å²) in [5.41, 5.74) is -1.64. The minimum absolute atomic E-state index is 0.0112. The fraction of sp³-hybridized carbons (Fsp3) is 0.938. The number of fused-ring (bicyclic) bond motifs is 7. The van der Waals surface area contributed by atoms with Gasteiger partial charge in [0, 0.05) is 5.41 Å². The van der Waals surface area contributed by atoms with E-state index >= 15 is 4.79 Å². The van der Waals surface area contributed by atoms with Gasteiger partial charge in [0.2, 0.25) is 6.29 Å². The summed E-state index contributed by atoms with van der Waals surface area (Å²) in [6.45, 7) is 13.0. The van der Waals surface area contributed by atoms with E-state index in [-0.39, 0.29) is 52.4 Å². The predicted molar refractivity (Wildman–Crippen MR) is 231 cm³/mol.